The number of hydrogen-bond acceptors (Lipinski definition) is 5. The lowest BCUT2D eigenvalue weighted by atomic mass is 10.0. The highest BCUT2D eigenvalue weighted by Crippen LogP contribution is 2.17. The predicted octanol–water partition coefficient (Wildman–Crippen LogP) is 20.0. The Morgan fingerprint density at radius 1 is 0.380 bits per heavy atom. The number of allylic oxidation sites excluding steroid dienone is 5. The second-order valence-electron chi connectivity index (χ2n) is 21.7. The van der Waals surface area contributed by atoms with Crippen molar-refractivity contribution >= 4 is 11.9 Å². The molecule has 0 radical (unpaired) electrons. The van der Waals surface area contributed by atoms with Gasteiger partial charge in [-0.15, -0.1) is 0 Å². The first-order valence-electron chi connectivity index (χ1n) is 31.8. The van der Waals surface area contributed by atoms with Crippen LogP contribution in [0.25, 0.3) is 0 Å². The number of carbonyl (C=O) groups is 2. The lowest BCUT2D eigenvalue weighted by Gasteiger charge is -2.20. The molecule has 0 spiro atoms. The smallest absolute Gasteiger partial charge is 0.305 e. The van der Waals surface area contributed by atoms with Crippen LogP contribution < -0.4 is 5.32 Å². The number of aliphatic hydroxyl groups excluding tert-OH is 2. The van der Waals surface area contributed by atoms with E-state index in [-0.39, 0.29) is 18.5 Å². The highest BCUT2D eigenvalue weighted by atomic mass is 16.5. The number of carbonyl (C=O) groups excluding carboxylic acids is 2. The van der Waals surface area contributed by atoms with Crippen LogP contribution in [0.4, 0.5) is 0 Å². The monoisotopic (exact) mass is 998 g/mol. The minimum atomic E-state index is -0.840. The van der Waals surface area contributed by atoms with E-state index in [2.05, 4.69) is 43.5 Å². The third-order valence-corrected chi connectivity index (χ3v) is 14.6. The molecule has 71 heavy (non-hydrogen) atoms. The van der Waals surface area contributed by atoms with Crippen molar-refractivity contribution in [2.24, 2.45) is 0 Å². The summed E-state index contributed by atoms with van der Waals surface area (Å²) in [7, 11) is 0. The van der Waals surface area contributed by atoms with Crippen molar-refractivity contribution in [2.45, 2.75) is 353 Å². The summed E-state index contributed by atoms with van der Waals surface area (Å²) in [5, 5.41) is 23.0. The predicted molar refractivity (Wildman–Crippen MR) is 310 cm³/mol. The molecule has 2 unspecified atom stereocenters. The largest absolute Gasteiger partial charge is 0.466 e. The Bertz CT molecular complexity index is 1150. The lowest BCUT2D eigenvalue weighted by Crippen LogP contribution is -2.45. The number of ether oxygens (including phenoxy) is 1. The molecule has 3 N–H and O–H groups in total. The van der Waals surface area contributed by atoms with E-state index in [9.17, 15) is 19.8 Å². The molecule has 0 heterocycles. The Labute approximate surface area is 443 Å². The van der Waals surface area contributed by atoms with Gasteiger partial charge in [0, 0.05) is 12.8 Å². The highest BCUT2D eigenvalue weighted by molar-refractivity contribution is 5.76. The van der Waals surface area contributed by atoms with Crippen LogP contribution in [0.3, 0.4) is 0 Å². The average molecular weight is 999 g/mol. The molecule has 0 fully saturated rings. The van der Waals surface area contributed by atoms with E-state index in [1.54, 1.807) is 6.08 Å². The summed E-state index contributed by atoms with van der Waals surface area (Å²) in [6.45, 7) is 4.87. The summed E-state index contributed by atoms with van der Waals surface area (Å²) in [6.07, 6.45) is 76.4. The van der Waals surface area contributed by atoms with Crippen LogP contribution in [-0.4, -0.2) is 47.4 Å². The van der Waals surface area contributed by atoms with E-state index >= 15 is 0 Å². The van der Waals surface area contributed by atoms with Crippen molar-refractivity contribution in [1.82, 2.24) is 5.32 Å². The number of rotatable bonds is 59. The minimum absolute atomic E-state index is 0.00761. The van der Waals surface area contributed by atoms with Gasteiger partial charge in [-0.3, -0.25) is 9.59 Å². The molecule has 1 amide bonds. The molecule has 0 rings (SSSR count). The van der Waals surface area contributed by atoms with Crippen LogP contribution in [0.5, 0.6) is 0 Å². The Morgan fingerprint density at radius 3 is 1.03 bits per heavy atom. The van der Waals surface area contributed by atoms with Crippen molar-refractivity contribution in [3.8, 4) is 0 Å². The number of esters is 1. The second-order valence-corrected chi connectivity index (χ2v) is 21.7. The fraction of sp³-hybridized carbons (Fsp3) is 0.877. The molecule has 0 aromatic heterocycles. The quantitative estimate of drug-likeness (QED) is 0.0321. The first kappa shape index (κ1) is 69.1. The van der Waals surface area contributed by atoms with E-state index in [4.69, 9.17) is 4.74 Å². The Balaban J connectivity index is 3.35. The highest BCUT2D eigenvalue weighted by Gasteiger charge is 2.18. The average Bonchev–Trinajstić information content (AvgIpc) is 3.37. The van der Waals surface area contributed by atoms with Crippen LogP contribution in [0.2, 0.25) is 0 Å². The lowest BCUT2D eigenvalue weighted by molar-refractivity contribution is -0.143. The van der Waals surface area contributed by atoms with Crippen molar-refractivity contribution in [1.29, 1.82) is 0 Å². The maximum Gasteiger partial charge on any atom is 0.305 e. The summed E-state index contributed by atoms with van der Waals surface area (Å²) in [6, 6.07) is -0.624. The first-order chi connectivity index (χ1) is 35.0. The summed E-state index contributed by atoms with van der Waals surface area (Å²) < 4.78 is 5.47. The molecule has 6 nitrogen and oxygen atoms in total. The van der Waals surface area contributed by atoms with Crippen molar-refractivity contribution in [2.75, 3.05) is 13.2 Å². The van der Waals surface area contributed by atoms with Crippen molar-refractivity contribution in [3.05, 3.63) is 36.5 Å². The van der Waals surface area contributed by atoms with Crippen LogP contribution in [-0.2, 0) is 14.3 Å². The number of aliphatic hydroxyl groups is 2. The molecule has 418 valence electrons. The Kier molecular flexibility index (Phi) is 59.0. The molecule has 0 aromatic carbocycles. The summed E-state index contributed by atoms with van der Waals surface area (Å²) in [5.74, 6) is -0.0590. The standard InChI is InChI=1S/C65H123NO5/c1-3-5-7-9-11-13-15-39-43-47-51-55-59-65(70)71-60-56-52-48-44-40-37-35-33-31-29-27-25-23-21-19-17-16-18-20-22-24-26-28-30-32-34-36-38-42-46-50-54-58-64(69)66-62(61-67)63(68)57-53-49-45-41-14-12-10-8-6-4-2/h11,13,19,21,53,57,62-63,67-68H,3-10,12,14-18,20,22-52,54-56,58-61H2,1-2H3,(H,66,69)/b13-11-,21-19-,57-53+. The van der Waals surface area contributed by atoms with Crippen LogP contribution in [0, 0.1) is 0 Å². The SMILES string of the molecule is CCCCC/C=C\CCCCCCCC(=O)OCCCCCCCCCCCCCC/C=C\CCCCCCCCCCCCCCCCCCC(=O)NC(CO)C(O)/C=C/CCCCCCCCCC. The van der Waals surface area contributed by atoms with Crippen molar-refractivity contribution < 1.29 is 24.5 Å². The van der Waals surface area contributed by atoms with Gasteiger partial charge in [0.15, 0.2) is 0 Å². The van der Waals surface area contributed by atoms with E-state index < -0.39 is 12.1 Å². The number of amides is 1. The van der Waals surface area contributed by atoms with E-state index in [1.807, 2.05) is 6.08 Å². The number of unbranched alkanes of at least 4 members (excludes halogenated alkanes) is 44. The van der Waals surface area contributed by atoms with Crippen LogP contribution in [0.15, 0.2) is 36.5 Å². The van der Waals surface area contributed by atoms with Gasteiger partial charge in [-0.1, -0.05) is 281 Å². The molecular formula is C65H123NO5. The van der Waals surface area contributed by atoms with Gasteiger partial charge >= 0.3 is 5.97 Å². The topological polar surface area (TPSA) is 95.9 Å². The minimum Gasteiger partial charge on any atom is -0.466 e. The van der Waals surface area contributed by atoms with Gasteiger partial charge in [-0.25, -0.2) is 0 Å². The van der Waals surface area contributed by atoms with Crippen LogP contribution >= 0.6 is 0 Å². The zero-order chi connectivity index (χ0) is 51.4. The van der Waals surface area contributed by atoms with E-state index in [1.165, 1.54) is 270 Å². The van der Waals surface area contributed by atoms with Gasteiger partial charge in [0.05, 0.1) is 25.4 Å². The molecule has 0 aliphatic rings. The Morgan fingerprint density at radius 2 is 0.662 bits per heavy atom. The molecule has 0 aromatic rings. The third kappa shape index (κ3) is 57.2. The van der Waals surface area contributed by atoms with Gasteiger partial charge in [-0.05, 0) is 83.5 Å². The van der Waals surface area contributed by atoms with E-state index in [0.717, 1.165) is 44.9 Å². The van der Waals surface area contributed by atoms with Crippen molar-refractivity contribution in [3.63, 3.8) is 0 Å². The summed E-state index contributed by atoms with van der Waals surface area (Å²) in [5.41, 5.74) is 0. The molecule has 0 saturated heterocycles. The second kappa shape index (κ2) is 60.6. The van der Waals surface area contributed by atoms with Gasteiger partial charge in [0.1, 0.15) is 0 Å². The van der Waals surface area contributed by atoms with E-state index in [0.29, 0.717) is 19.4 Å². The van der Waals surface area contributed by atoms with Gasteiger partial charge < -0.3 is 20.3 Å². The fourth-order valence-corrected chi connectivity index (χ4v) is 9.74. The summed E-state index contributed by atoms with van der Waals surface area (Å²) >= 11 is 0. The molecule has 6 heteroatoms. The van der Waals surface area contributed by atoms with Gasteiger partial charge in [-0.2, -0.15) is 0 Å². The van der Waals surface area contributed by atoms with Gasteiger partial charge in [0.25, 0.3) is 0 Å². The first-order valence-corrected chi connectivity index (χ1v) is 31.8. The summed E-state index contributed by atoms with van der Waals surface area (Å²) in [4.78, 5) is 24.4. The fourth-order valence-electron chi connectivity index (χ4n) is 9.74. The van der Waals surface area contributed by atoms with Crippen LogP contribution in [0.1, 0.15) is 341 Å². The van der Waals surface area contributed by atoms with Gasteiger partial charge in [0.2, 0.25) is 5.91 Å². The third-order valence-electron chi connectivity index (χ3n) is 14.6. The molecule has 0 aliphatic heterocycles. The normalized spacial score (nSPS) is 12.8. The molecular weight excluding hydrogens is 875 g/mol. The molecule has 0 aliphatic carbocycles. The zero-order valence-electron chi connectivity index (χ0n) is 47.7. The maximum atomic E-state index is 12.4. The number of nitrogens with one attached hydrogen (secondary N) is 1. The number of hydrogen-bond donors (Lipinski definition) is 3. The molecule has 2 atom stereocenters. The Hall–Kier alpha value is -1.92. The zero-order valence-corrected chi connectivity index (χ0v) is 47.7. The molecule has 0 saturated carbocycles. The maximum absolute atomic E-state index is 12.4. The molecule has 0 bridgehead atoms.